The zero-order valence-corrected chi connectivity index (χ0v) is 11.9. The summed E-state index contributed by atoms with van der Waals surface area (Å²) in [7, 11) is -3.96. The molecule has 21 heavy (non-hydrogen) atoms. The smallest absolute Gasteiger partial charge is 0.262 e. The van der Waals surface area contributed by atoms with Crippen molar-refractivity contribution in [3.8, 4) is 6.07 Å². The molecule has 0 heterocycles. The summed E-state index contributed by atoms with van der Waals surface area (Å²) < 4.78 is 40.1. The van der Waals surface area contributed by atoms with E-state index in [1.165, 1.54) is 30.3 Å². The number of halogens is 1. The molecule has 0 radical (unpaired) electrons. The maximum Gasteiger partial charge on any atom is 0.262 e. The van der Waals surface area contributed by atoms with Crippen LogP contribution >= 0.6 is 0 Å². The van der Waals surface area contributed by atoms with Crippen LogP contribution in [0.1, 0.15) is 11.1 Å². The number of aryl methyl sites for hydroxylation is 1. The lowest BCUT2D eigenvalue weighted by Crippen LogP contribution is -2.15. The molecule has 108 valence electrons. The molecule has 2 aromatic carbocycles. The number of nitrogens with two attached hydrogens (primary N) is 1. The van der Waals surface area contributed by atoms with Crippen molar-refractivity contribution >= 4 is 21.4 Å². The van der Waals surface area contributed by atoms with Gasteiger partial charge >= 0.3 is 0 Å². The number of benzene rings is 2. The Kier molecular flexibility index (Phi) is 3.82. The van der Waals surface area contributed by atoms with Crippen LogP contribution in [0.3, 0.4) is 0 Å². The Morgan fingerprint density at radius 2 is 1.95 bits per heavy atom. The molecule has 7 heteroatoms. The van der Waals surface area contributed by atoms with E-state index in [9.17, 15) is 12.8 Å². The second kappa shape index (κ2) is 5.42. The Labute approximate surface area is 121 Å². The van der Waals surface area contributed by atoms with Gasteiger partial charge in [-0.05, 0) is 42.8 Å². The van der Waals surface area contributed by atoms with Crippen molar-refractivity contribution in [1.29, 1.82) is 5.26 Å². The average Bonchev–Trinajstić information content (AvgIpc) is 2.43. The largest absolute Gasteiger partial charge is 0.397 e. The fourth-order valence-corrected chi connectivity index (χ4v) is 3.13. The first-order valence-corrected chi connectivity index (χ1v) is 7.40. The number of sulfonamides is 1. The quantitative estimate of drug-likeness (QED) is 0.851. The SMILES string of the molecule is Cc1ccc(F)cc1S(=O)(=O)Nc1ccc(C#N)cc1N. The van der Waals surface area contributed by atoms with E-state index in [4.69, 9.17) is 11.0 Å². The molecule has 0 saturated carbocycles. The van der Waals surface area contributed by atoms with Gasteiger partial charge in [0, 0.05) is 0 Å². The molecule has 0 bridgehead atoms. The van der Waals surface area contributed by atoms with Gasteiger partial charge in [0.05, 0.1) is 27.9 Å². The molecule has 0 fully saturated rings. The monoisotopic (exact) mass is 305 g/mol. The number of nitrogens with zero attached hydrogens (tertiary/aromatic N) is 1. The fourth-order valence-electron chi connectivity index (χ4n) is 1.79. The van der Waals surface area contributed by atoms with Gasteiger partial charge in [0.1, 0.15) is 5.82 Å². The Morgan fingerprint density at radius 3 is 2.57 bits per heavy atom. The van der Waals surface area contributed by atoms with Crippen LogP contribution in [0.5, 0.6) is 0 Å². The average molecular weight is 305 g/mol. The molecule has 0 aromatic heterocycles. The van der Waals surface area contributed by atoms with Crippen molar-refractivity contribution < 1.29 is 12.8 Å². The lowest BCUT2D eigenvalue weighted by molar-refractivity contribution is 0.594. The standard InChI is InChI=1S/C14H12FN3O2S/c1-9-2-4-11(15)7-14(9)21(19,20)18-13-5-3-10(8-16)6-12(13)17/h2-7,18H,17H2,1H3. The number of hydrogen-bond acceptors (Lipinski definition) is 4. The van der Waals surface area contributed by atoms with Crippen LogP contribution in [0.25, 0.3) is 0 Å². The van der Waals surface area contributed by atoms with Crippen LogP contribution in [0.4, 0.5) is 15.8 Å². The van der Waals surface area contributed by atoms with Crippen LogP contribution in [-0.2, 0) is 10.0 Å². The molecule has 0 spiro atoms. The highest BCUT2D eigenvalue weighted by Gasteiger charge is 2.19. The number of rotatable bonds is 3. The third-order valence-electron chi connectivity index (χ3n) is 2.86. The van der Waals surface area contributed by atoms with E-state index in [1.54, 1.807) is 6.92 Å². The van der Waals surface area contributed by atoms with Crippen LogP contribution in [0, 0.1) is 24.1 Å². The maximum atomic E-state index is 13.2. The number of anilines is 2. The van der Waals surface area contributed by atoms with Gasteiger partial charge in [-0.15, -0.1) is 0 Å². The fraction of sp³-hybridized carbons (Fsp3) is 0.0714. The molecule has 0 aliphatic carbocycles. The summed E-state index contributed by atoms with van der Waals surface area (Å²) in [5.74, 6) is -0.645. The summed E-state index contributed by atoms with van der Waals surface area (Å²) in [6.45, 7) is 1.57. The van der Waals surface area contributed by atoms with Gasteiger partial charge < -0.3 is 5.73 Å². The van der Waals surface area contributed by atoms with Crippen molar-refractivity contribution in [2.75, 3.05) is 10.5 Å². The number of nitrogens with one attached hydrogen (secondary N) is 1. The first-order chi connectivity index (χ1) is 9.83. The summed E-state index contributed by atoms with van der Waals surface area (Å²) in [5, 5.41) is 8.74. The second-order valence-electron chi connectivity index (χ2n) is 4.43. The summed E-state index contributed by atoms with van der Waals surface area (Å²) >= 11 is 0. The minimum Gasteiger partial charge on any atom is -0.397 e. The van der Waals surface area contributed by atoms with Crippen LogP contribution in [0.2, 0.25) is 0 Å². The van der Waals surface area contributed by atoms with E-state index in [2.05, 4.69) is 4.72 Å². The molecule has 0 unspecified atom stereocenters. The van der Waals surface area contributed by atoms with Gasteiger partial charge in [0.2, 0.25) is 0 Å². The van der Waals surface area contributed by atoms with Crippen molar-refractivity contribution in [2.24, 2.45) is 0 Å². The lowest BCUT2D eigenvalue weighted by atomic mass is 10.2. The van der Waals surface area contributed by atoms with Crippen molar-refractivity contribution in [3.63, 3.8) is 0 Å². The molecular weight excluding hydrogens is 293 g/mol. The lowest BCUT2D eigenvalue weighted by Gasteiger charge is -2.12. The van der Waals surface area contributed by atoms with E-state index >= 15 is 0 Å². The molecule has 2 rings (SSSR count). The van der Waals surface area contributed by atoms with E-state index < -0.39 is 15.8 Å². The predicted molar refractivity (Wildman–Crippen MR) is 77.5 cm³/mol. The summed E-state index contributed by atoms with van der Waals surface area (Å²) in [4.78, 5) is -0.161. The third-order valence-corrected chi connectivity index (χ3v) is 4.37. The molecule has 5 nitrogen and oxygen atoms in total. The van der Waals surface area contributed by atoms with Crippen molar-refractivity contribution in [3.05, 3.63) is 53.3 Å². The first-order valence-electron chi connectivity index (χ1n) is 5.92. The van der Waals surface area contributed by atoms with Gasteiger partial charge in [0.25, 0.3) is 10.0 Å². The number of nitriles is 1. The van der Waals surface area contributed by atoms with Crippen molar-refractivity contribution in [1.82, 2.24) is 0 Å². The predicted octanol–water partition coefficient (Wildman–Crippen LogP) is 2.39. The van der Waals surface area contributed by atoms with Gasteiger partial charge in [0.15, 0.2) is 0 Å². The second-order valence-corrected chi connectivity index (χ2v) is 6.08. The zero-order valence-electron chi connectivity index (χ0n) is 11.1. The Morgan fingerprint density at radius 1 is 1.24 bits per heavy atom. The van der Waals surface area contributed by atoms with Crippen LogP contribution in [-0.4, -0.2) is 8.42 Å². The molecule has 0 amide bonds. The normalized spacial score (nSPS) is 10.9. The topological polar surface area (TPSA) is 96.0 Å². The van der Waals surface area contributed by atoms with E-state index in [1.807, 2.05) is 6.07 Å². The minimum atomic E-state index is -3.96. The van der Waals surface area contributed by atoms with E-state index in [0.29, 0.717) is 11.1 Å². The molecule has 2 aromatic rings. The van der Waals surface area contributed by atoms with Crippen LogP contribution < -0.4 is 10.5 Å². The highest BCUT2D eigenvalue weighted by molar-refractivity contribution is 7.92. The van der Waals surface area contributed by atoms with Crippen molar-refractivity contribution in [2.45, 2.75) is 11.8 Å². The molecular formula is C14H12FN3O2S. The molecule has 0 aliphatic heterocycles. The number of nitrogen functional groups attached to an aromatic ring is 1. The van der Waals surface area contributed by atoms with E-state index in [-0.39, 0.29) is 16.3 Å². The number of hydrogen-bond donors (Lipinski definition) is 2. The Hall–Kier alpha value is -2.59. The maximum absolute atomic E-state index is 13.2. The molecule has 3 N–H and O–H groups in total. The van der Waals surface area contributed by atoms with Crippen LogP contribution in [0.15, 0.2) is 41.3 Å². The first kappa shape index (κ1) is 14.8. The highest BCUT2D eigenvalue weighted by atomic mass is 32.2. The molecule has 0 aliphatic rings. The highest BCUT2D eigenvalue weighted by Crippen LogP contribution is 2.25. The zero-order chi connectivity index (χ0) is 15.6. The Balaban J connectivity index is 2.43. The Bertz CT molecular complexity index is 842. The van der Waals surface area contributed by atoms with Gasteiger partial charge in [-0.25, -0.2) is 12.8 Å². The van der Waals surface area contributed by atoms with Gasteiger partial charge in [-0.3, -0.25) is 4.72 Å². The van der Waals surface area contributed by atoms with E-state index in [0.717, 1.165) is 6.07 Å². The summed E-state index contributed by atoms with van der Waals surface area (Å²) in [6, 6.07) is 9.59. The summed E-state index contributed by atoms with van der Waals surface area (Å²) in [6.07, 6.45) is 0. The van der Waals surface area contributed by atoms with Gasteiger partial charge in [-0.1, -0.05) is 6.07 Å². The third kappa shape index (κ3) is 3.12. The van der Waals surface area contributed by atoms with Gasteiger partial charge in [-0.2, -0.15) is 5.26 Å². The summed E-state index contributed by atoms with van der Waals surface area (Å²) in [5.41, 5.74) is 6.68. The molecule has 0 atom stereocenters. The minimum absolute atomic E-state index is 0.117. The molecule has 0 saturated heterocycles.